The predicted octanol–water partition coefficient (Wildman–Crippen LogP) is 4.84. The van der Waals surface area contributed by atoms with Gasteiger partial charge in [-0.2, -0.15) is 0 Å². The summed E-state index contributed by atoms with van der Waals surface area (Å²) in [6.45, 7) is 0.0651. The number of carboxylic acids is 1. The zero-order chi connectivity index (χ0) is 24.6. The summed E-state index contributed by atoms with van der Waals surface area (Å²) < 4.78 is 7.07. The summed E-state index contributed by atoms with van der Waals surface area (Å²) in [6, 6.07) is 24.4. The summed E-state index contributed by atoms with van der Waals surface area (Å²) >= 11 is 0. The molecule has 0 radical (unpaired) electrons. The van der Waals surface area contributed by atoms with Crippen LogP contribution in [0.15, 0.2) is 90.2 Å². The number of methoxy groups -OCH3 is 1. The number of ether oxygens (including phenoxy) is 1. The summed E-state index contributed by atoms with van der Waals surface area (Å²) in [4.78, 5) is 29.8. The van der Waals surface area contributed by atoms with E-state index in [0.29, 0.717) is 17.1 Å². The van der Waals surface area contributed by atoms with Gasteiger partial charge in [0.25, 0.3) is 5.91 Å². The molecule has 8 heteroatoms. The summed E-state index contributed by atoms with van der Waals surface area (Å²) in [6.07, 6.45) is 2.08. The molecule has 0 bridgehead atoms. The van der Waals surface area contributed by atoms with Gasteiger partial charge in [-0.3, -0.25) is 9.59 Å². The van der Waals surface area contributed by atoms with Crippen LogP contribution in [0.5, 0.6) is 5.75 Å². The zero-order valence-corrected chi connectivity index (χ0v) is 19.2. The molecule has 0 fully saturated rings. The second-order valence-corrected chi connectivity index (χ2v) is 7.72. The highest BCUT2D eigenvalue weighted by Crippen LogP contribution is 2.29. The number of benzene rings is 2. The smallest absolute Gasteiger partial charge is 0.303 e. The van der Waals surface area contributed by atoms with Crippen LogP contribution in [0.3, 0.4) is 0 Å². The van der Waals surface area contributed by atoms with Crippen LogP contribution >= 0.6 is 0 Å². The van der Waals surface area contributed by atoms with Crippen molar-refractivity contribution in [1.82, 2.24) is 4.40 Å². The van der Waals surface area contributed by atoms with Gasteiger partial charge in [0.15, 0.2) is 5.71 Å². The number of hydrogen-bond donors (Lipinski definition) is 2. The molecule has 35 heavy (non-hydrogen) atoms. The first-order valence-corrected chi connectivity index (χ1v) is 11.1. The van der Waals surface area contributed by atoms with Gasteiger partial charge in [-0.1, -0.05) is 41.6 Å². The molecule has 0 atom stereocenters. The normalized spacial score (nSPS) is 11.3. The van der Waals surface area contributed by atoms with Crippen molar-refractivity contribution in [2.45, 2.75) is 12.8 Å². The number of nitrogens with zero attached hydrogens (tertiary/aromatic N) is 2. The molecule has 2 N–H and O–H groups in total. The summed E-state index contributed by atoms with van der Waals surface area (Å²) in [5.41, 5.74) is 3.82. The zero-order valence-electron chi connectivity index (χ0n) is 19.2. The number of carboxylic acid groups (broad SMARTS) is 1. The minimum absolute atomic E-state index is 0.0494. The van der Waals surface area contributed by atoms with Crippen LogP contribution in [0.25, 0.3) is 16.6 Å². The lowest BCUT2D eigenvalue weighted by atomic mass is 10.0. The molecule has 8 nitrogen and oxygen atoms in total. The fourth-order valence-corrected chi connectivity index (χ4v) is 3.66. The fraction of sp³-hybridized carbons (Fsp3) is 0.148. The molecular formula is C27H25N3O5. The molecule has 0 saturated heterocycles. The average molecular weight is 472 g/mol. The lowest BCUT2D eigenvalue weighted by molar-refractivity contribution is -0.137. The van der Waals surface area contributed by atoms with Gasteiger partial charge in [-0.05, 0) is 54.4 Å². The first-order chi connectivity index (χ1) is 17.1. The van der Waals surface area contributed by atoms with Gasteiger partial charge < -0.3 is 24.4 Å². The van der Waals surface area contributed by atoms with E-state index in [1.807, 2.05) is 65.2 Å². The molecular weight excluding hydrogens is 446 g/mol. The van der Waals surface area contributed by atoms with Crippen molar-refractivity contribution in [3.8, 4) is 16.9 Å². The standard InChI is InChI=1S/C27H25N3O5/c1-34-22-14-12-20(13-15-22)28-27(33)25(29-35-17-7-11-24(31)32)26-23(19-8-3-2-4-9-19)18-21-10-5-6-16-30(21)26/h2-6,8-10,12-16,18H,7,11,17H2,1H3,(H,28,33)(H,31,32)/b29-25+. The predicted molar refractivity (Wildman–Crippen MR) is 134 cm³/mol. The van der Waals surface area contributed by atoms with E-state index in [1.54, 1.807) is 31.4 Å². The largest absolute Gasteiger partial charge is 0.497 e. The number of carbonyl (C=O) groups excluding carboxylic acids is 1. The van der Waals surface area contributed by atoms with Crippen molar-refractivity contribution in [2.75, 3.05) is 19.0 Å². The molecule has 0 spiro atoms. The van der Waals surface area contributed by atoms with Crippen LogP contribution in [0.2, 0.25) is 0 Å². The van der Waals surface area contributed by atoms with E-state index in [9.17, 15) is 9.59 Å². The Bertz CT molecular complexity index is 1340. The van der Waals surface area contributed by atoms with Crippen molar-refractivity contribution in [3.05, 3.63) is 90.8 Å². The number of rotatable bonds is 10. The number of hydrogen-bond acceptors (Lipinski definition) is 5. The minimum atomic E-state index is -0.918. The number of aliphatic carboxylic acids is 1. The number of aromatic nitrogens is 1. The molecule has 2 aromatic heterocycles. The highest BCUT2D eigenvalue weighted by molar-refractivity contribution is 6.49. The Balaban J connectivity index is 1.75. The second-order valence-electron chi connectivity index (χ2n) is 7.72. The minimum Gasteiger partial charge on any atom is -0.497 e. The van der Waals surface area contributed by atoms with E-state index >= 15 is 0 Å². The number of pyridine rings is 1. The number of carbonyl (C=O) groups is 2. The number of oxime groups is 1. The third-order valence-corrected chi connectivity index (χ3v) is 5.33. The first-order valence-electron chi connectivity index (χ1n) is 11.1. The highest BCUT2D eigenvalue weighted by atomic mass is 16.6. The maximum absolute atomic E-state index is 13.5. The van der Waals surface area contributed by atoms with Gasteiger partial charge in [0, 0.05) is 29.4 Å². The van der Waals surface area contributed by atoms with E-state index in [-0.39, 0.29) is 25.2 Å². The quantitative estimate of drug-likeness (QED) is 0.196. The number of amides is 1. The van der Waals surface area contributed by atoms with Crippen LogP contribution in [0, 0.1) is 0 Å². The number of anilines is 1. The van der Waals surface area contributed by atoms with Crippen LogP contribution in [0.1, 0.15) is 18.5 Å². The van der Waals surface area contributed by atoms with Gasteiger partial charge in [-0.25, -0.2) is 0 Å². The van der Waals surface area contributed by atoms with Crippen LogP contribution < -0.4 is 10.1 Å². The van der Waals surface area contributed by atoms with Crippen LogP contribution in [-0.4, -0.2) is 40.8 Å². The van der Waals surface area contributed by atoms with Crippen molar-refractivity contribution < 1.29 is 24.3 Å². The Morgan fingerprint density at radius 1 is 1.00 bits per heavy atom. The Morgan fingerprint density at radius 2 is 1.74 bits per heavy atom. The molecule has 2 heterocycles. The van der Waals surface area contributed by atoms with E-state index in [2.05, 4.69) is 10.5 Å². The highest BCUT2D eigenvalue weighted by Gasteiger charge is 2.24. The first kappa shape index (κ1) is 23.6. The van der Waals surface area contributed by atoms with Crippen molar-refractivity contribution in [2.24, 2.45) is 5.16 Å². The third kappa shape index (κ3) is 5.67. The number of nitrogens with one attached hydrogen (secondary N) is 1. The van der Waals surface area contributed by atoms with Gasteiger partial charge in [0.1, 0.15) is 12.4 Å². The molecule has 4 aromatic rings. The molecule has 0 aliphatic heterocycles. The monoisotopic (exact) mass is 471 g/mol. The van der Waals surface area contributed by atoms with Gasteiger partial charge in [0.2, 0.25) is 0 Å². The lowest BCUT2D eigenvalue weighted by Gasteiger charge is -2.12. The fourth-order valence-electron chi connectivity index (χ4n) is 3.66. The molecule has 4 rings (SSSR count). The Morgan fingerprint density at radius 3 is 2.46 bits per heavy atom. The summed E-state index contributed by atoms with van der Waals surface area (Å²) in [7, 11) is 1.57. The Labute approximate surface area is 202 Å². The van der Waals surface area contributed by atoms with E-state index in [0.717, 1.165) is 16.6 Å². The molecule has 1 amide bonds. The van der Waals surface area contributed by atoms with Crippen molar-refractivity contribution >= 4 is 28.8 Å². The summed E-state index contributed by atoms with van der Waals surface area (Å²) in [5.74, 6) is -0.712. The van der Waals surface area contributed by atoms with Crippen LogP contribution in [-0.2, 0) is 14.4 Å². The molecule has 2 aromatic carbocycles. The van der Waals surface area contributed by atoms with Crippen molar-refractivity contribution in [3.63, 3.8) is 0 Å². The Kier molecular flexibility index (Phi) is 7.42. The maximum Gasteiger partial charge on any atom is 0.303 e. The average Bonchev–Trinajstić information content (AvgIpc) is 3.26. The van der Waals surface area contributed by atoms with Gasteiger partial charge in [0.05, 0.1) is 12.8 Å². The molecule has 0 saturated carbocycles. The van der Waals surface area contributed by atoms with Crippen molar-refractivity contribution in [1.29, 1.82) is 0 Å². The molecule has 178 valence electrons. The third-order valence-electron chi connectivity index (χ3n) is 5.33. The molecule has 0 unspecified atom stereocenters. The van der Waals surface area contributed by atoms with E-state index in [4.69, 9.17) is 14.7 Å². The lowest BCUT2D eigenvalue weighted by Crippen LogP contribution is -2.26. The van der Waals surface area contributed by atoms with Gasteiger partial charge >= 0.3 is 5.97 Å². The SMILES string of the molecule is COc1ccc(NC(=O)/C(=N/OCCCC(=O)O)c2c(-c3ccccc3)cc3ccccn23)cc1. The van der Waals surface area contributed by atoms with Gasteiger partial charge in [-0.15, -0.1) is 0 Å². The van der Waals surface area contributed by atoms with Crippen LogP contribution in [0.4, 0.5) is 5.69 Å². The number of fused-ring (bicyclic) bond motifs is 1. The van der Waals surface area contributed by atoms with E-state index < -0.39 is 11.9 Å². The molecule has 0 aliphatic rings. The molecule has 0 aliphatic carbocycles. The topological polar surface area (TPSA) is 102 Å². The van der Waals surface area contributed by atoms with E-state index in [1.165, 1.54) is 0 Å². The Hall–Kier alpha value is -4.59. The second kappa shape index (κ2) is 11.0. The maximum atomic E-state index is 13.5. The summed E-state index contributed by atoms with van der Waals surface area (Å²) in [5, 5.41) is 15.9.